The van der Waals surface area contributed by atoms with Gasteiger partial charge in [0.2, 0.25) is 5.78 Å². The highest BCUT2D eigenvalue weighted by Gasteiger charge is 2.16. The zero-order chi connectivity index (χ0) is 19.0. The minimum atomic E-state index is -0.558. The second-order valence-electron chi connectivity index (χ2n) is 6.93. The maximum Gasteiger partial charge on any atom is 0.407 e. The van der Waals surface area contributed by atoms with Gasteiger partial charge in [0, 0.05) is 18.5 Å². The Morgan fingerprint density at radius 2 is 1.80 bits per heavy atom. The van der Waals surface area contributed by atoms with Gasteiger partial charge in [-0.15, -0.1) is 0 Å². The summed E-state index contributed by atoms with van der Waals surface area (Å²) in [7, 11) is 0. The molecule has 0 atom stereocenters. The first kappa shape index (κ1) is 20.7. The van der Waals surface area contributed by atoms with Crippen LogP contribution in [-0.2, 0) is 14.3 Å². The van der Waals surface area contributed by atoms with Gasteiger partial charge in [-0.3, -0.25) is 9.59 Å². The highest BCUT2D eigenvalue weighted by Crippen LogP contribution is 2.12. The minimum absolute atomic E-state index is 0.121. The molecule has 1 amide bonds. The van der Waals surface area contributed by atoms with Gasteiger partial charge in [0.15, 0.2) is 6.61 Å². The Balaban J connectivity index is 2.28. The topological polar surface area (TPSA) is 81.7 Å². The van der Waals surface area contributed by atoms with Crippen LogP contribution in [0.25, 0.3) is 0 Å². The van der Waals surface area contributed by atoms with Crippen LogP contribution in [0.3, 0.4) is 0 Å². The number of Topliss-reactive ketones (excluding diaryl/α,β-unsaturated/α-hetero) is 1. The van der Waals surface area contributed by atoms with Crippen molar-refractivity contribution in [1.29, 1.82) is 0 Å². The molecule has 0 saturated heterocycles. The maximum absolute atomic E-state index is 12.1. The summed E-state index contributed by atoms with van der Waals surface area (Å²) in [6.45, 7) is 9.10. The van der Waals surface area contributed by atoms with Crippen LogP contribution in [0.15, 0.2) is 18.2 Å². The van der Waals surface area contributed by atoms with Crippen LogP contribution in [0.1, 0.15) is 55.1 Å². The molecule has 138 valence electrons. The summed E-state index contributed by atoms with van der Waals surface area (Å²) in [5.74, 6) is -0.689. The van der Waals surface area contributed by atoms with Gasteiger partial charge in [-0.05, 0) is 52.7 Å². The molecule has 0 radical (unpaired) electrons. The summed E-state index contributed by atoms with van der Waals surface area (Å²) in [4.78, 5) is 35.2. The molecule has 0 aliphatic carbocycles. The van der Waals surface area contributed by atoms with Gasteiger partial charge in [-0.1, -0.05) is 17.7 Å². The van der Waals surface area contributed by atoms with E-state index in [0.717, 1.165) is 11.1 Å². The number of carbonyl (C=O) groups excluding carboxylic acids is 3. The Morgan fingerprint density at radius 1 is 1.12 bits per heavy atom. The molecule has 25 heavy (non-hydrogen) atoms. The van der Waals surface area contributed by atoms with Crippen molar-refractivity contribution in [3.63, 3.8) is 0 Å². The molecule has 0 fully saturated rings. The highest BCUT2D eigenvalue weighted by molar-refractivity contribution is 5.99. The maximum atomic E-state index is 12.1. The first-order valence-electron chi connectivity index (χ1n) is 8.31. The predicted octanol–water partition coefficient (Wildman–Crippen LogP) is 3.33. The lowest BCUT2D eigenvalue weighted by Crippen LogP contribution is -2.33. The molecule has 1 aromatic rings. The third-order valence-electron chi connectivity index (χ3n) is 3.28. The molecule has 6 heteroatoms. The first-order valence-corrected chi connectivity index (χ1v) is 8.31. The van der Waals surface area contributed by atoms with Crippen LogP contribution in [0.4, 0.5) is 4.79 Å². The zero-order valence-corrected chi connectivity index (χ0v) is 15.6. The van der Waals surface area contributed by atoms with E-state index in [4.69, 9.17) is 9.47 Å². The zero-order valence-electron chi connectivity index (χ0n) is 15.6. The number of hydrogen-bond acceptors (Lipinski definition) is 5. The number of hydrogen-bond donors (Lipinski definition) is 1. The van der Waals surface area contributed by atoms with Crippen molar-refractivity contribution in [3.05, 3.63) is 34.9 Å². The van der Waals surface area contributed by atoms with E-state index in [-0.39, 0.29) is 18.8 Å². The molecule has 1 aromatic carbocycles. The van der Waals surface area contributed by atoms with Crippen molar-refractivity contribution in [2.75, 3.05) is 13.2 Å². The molecule has 0 spiro atoms. The third kappa shape index (κ3) is 8.33. The lowest BCUT2D eigenvalue weighted by molar-refractivity contribution is -0.142. The number of carbonyl (C=O) groups is 3. The van der Waals surface area contributed by atoms with Crippen molar-refractivity contribution in [2.45, 2.75) is 53.1 Å². The van der Waals surface area contributed by atoms with Crippen molar-refractivity contribution < 1.29 is 23.9 Å². The number of esters is 1. The number of aryl methyl sites for hydroxylation is 2. The van der Waals surface area contributed by atoms with E-state index in [1.165, 1.54) is 0 Å². The number of amides is 1. The van der Waals surface area contributed by atoms with Gasteiger partial charge in [0.1, 0.15) is 5.60 Å². The number of ether oxygens (including phenoxy) is 2. The number of nitrogens with one attached hydrogen (secondary N) is 1. The van der Waals surface area contributed by atoms with E-state index in [1.807, 2.05) is 26.0 Å². The summed E-state index contributed by atoms with van der Waals surface area (Å²) in [5, 5.41) is 2.56. The van der Waals surface area contributed by atoms with E-state index in [1.54, 1.807) is 26.8 Å². The Hall–Kier alpha value is -2.37. The molecule has 1 rings (SSSR count). The lowest BCUT2D eigenvalue weighted by Gasteiger charge is -2.19. The van der Waals surface area contributed by atoms with E-state index in [2.05, 4.69) is 5.32 Å². The SMILES string of the molecule is Cc1ccc(C)c(C(=O)COC(=O)CCCNC(=O)OC(C)(C)C)c1. The molecular weight excluding hydrogens is 322 g/mol. The molecular formula is C19H27NO5. The minimum Gasteiger partial charge on any atom is -0.457 e. The Bertz CT molecular complexity index is 631. The van der Waals surface area contributed by atoms with Crippen molar-refractivity contribution in [1.82, 2.24) is 5.32 Å². The van der Waals surface area contributed by atoms with E-state index < -0.39 is 17.7 Å². The van der Waals surface area contributed by atoms with Gasteiger partial charge < -0.3 is 14.8 Å². The smallest absolute Gasteiger partial charge is 0.407 e. The van der Waals surface area contributed by atoms with Gasteiger partial charge >= 0.3 is 12.1 Å². The summed E-state index contributed by atoms with van der Waals surface area (Å²) in [5.41, 5.74) is 1.85. The molecule has 0 aliphatic rings. The standard InChI is InChI=1S/C19H27NO5/c1-13-8-9-14(2)15(11-13)16(21)12-24-17(22)7-6-10-20-18(23)25-19(3,4)5/h8-9,11H,6-7,10,12H2,1-5H3,(H,20,23). The molecule has 0 heterocycles. The third-order valence-corrected chi connectivity index (χ3v) is 3.28. The van der Waals surface area contributed by atoms with Gasteiger partial charge in [0.05, 0.1) is 0 Å². The van der Waals surface area contributed by atoms with Crippen LogP contribution >= 0.6 is 0 Å². The fraction of sp³-hybridized carbons (Fsp3) is 0.526. The summed E-state index contributed by atoms with van der Waals surface area (Å²) in [6, 6.07) is 5.58. The highest BCUT2D eigenvalue weighted by atomic mass is 16.6. The largest absolute Gasteiger partial charge is 0.457 e. The van der Waals surface area contributed by atoms with Gasteiger partial charge in [0.25, 0.3) is 0 Å². The van der Waals surface area contributed by atoms with Crippen molar-refractivity contribution in [3.8, 4) is 0 Å². The lowest BCUT2D eigenvalue weighted by atomic mass is 10.0. The monoisotopic (exact) mass is 349 g/mol. The average molecular weight is 349 g/mol. The predicted molar refractivity (Wildman–Crippen MR) is 94.7 cm³/mol. The Morgan fingerprint density at radius 3 is 2.44 bits per heavy atom. The number of rotatable bonds is 7. The quantitative estimate of drug-likeness (QED) is 0.464. The second-order valence-corrected chi connectivity index (χ2v) is 6.93. The van der Waals surface area contributed by atoms with E-state index >= 15 is 0 Å². The molecule has 6 nitrogen and oxygen atoms in total. The first-order chi connectivity index (χ1) is 11.6. The normalized spacial score (nSPS) is 10.9. The fourth-order valence-corrected chi connectivity index (χ4v) is 2.07. The van der Waals surface area contributed by atoms with E-state index in [0.29, 0.717) is 18.5 Å². The summed E-state index contributed by atoms with van der Waals surface area (Å²) < 4.78 is 10.1. The summed E-state index contributed by atoms with van der Waals surface area (Å²) >= 11 is 0. The fourth-order valence-electron chi connectivity index (χ4n) is 2.07. The Kier molecular flexibility index (Phi) is 7.61. The van der Waals surface area contributed by atoms with Crippen LogP contribution in [-0.4, -0.2) is 36.6 Å². The van der Waals surface area contributed by atoms with Crippen molar-refractivity contribution in [2.24, 2.45) is 0 Å². The Labute approximate surface area is 148 Å². The van der Waals surface area contributed by atoms with Gasteiger partial charge in [-0.25, -0.2) is 4.79 Å². The number of alkyl carbamates (subject to hydrolysis) is 1. The summed E-state index contributed by atoms with van der Waals surface area (Å²) in [6.07, 6.45) is 0.0111. The van der Waals surface area contributed by atoms with E-state index in [9.17, 15) is 14.4 Å². The van der Waals surface area contributed by atoms with Crippen LogP contribution < -0.4 is 5.32 Å². The van der Waals surface area contributed by atoms with Crippen LogP contribution in [0.5, 0.6) is 0 Å². The molecule has 0 bridgehead atoms. The van der Waals surface area contributed by atoms with Crippen LogP contribution in [0, 0.1) is 13.8 Å². The number of benzene rings is 1. The van der Waals surface area contributed by atoms with Crippen LogP contribution in [0.2, 0.25) is 0 Å². The van der Waals surface area contributed by atoms with Crippen molar-refractivity contribution >= 4 is 17.8 Å². The average Bonchev–Trinajstić information content (AvgIpc) is 2.50. The molecule has 0 aromatic heterocycles. The second kappa shape index (κ2) is 9.20. The number of ketones is 1. The molecule has 0 saturated carbocycles. The molecule has 1 N–H and O–H groups in total. The van der Waals surface area contributed by atoms with Gasteiger partial charge in [-0.2, -0.15) is 0 Å². The molecule has 0 unspecified atom stereocenters. The molecule has 0 aliphatic heterocycles.